The van der Waals surface area contributed by atoms with Gasteiger partial charge in [-0.15, -0.1) is 0 Å². The van der Waals surface area contributed by atoms with E-state index in [2.05, 4.69) is 10.0 Å². The molecule has 2 aromatic carbocycles. The molecule has 1 fully saturated rings. The predicted octanol–water partition coefficient (Wildman–Crippen LogP) is 4.15. The summed E-state index contributed by atoms with van der Waals surface area (Å²) in [7, 11) is -1.44. The SMILES string of the molecule is CNC1Cc2ccc(CNS(=O)(=O)C3CCC3)cc2C1Cc1cccc(C(F)(F)F)c1. The summed E-state index contributed by atoms with van der Waals surface area (Å²) in [5, 5.41) is 3.01. The minimum atomic E-state index is -4.36. The van der Waals surface area contributed by atoms with Crippen molar-refractivity contribution < 1.29 is 21.6 Å². The number of rotatable bonds is 7. The Kier molecular flexibility index (Phi) is 6.16. The number of sulfonamides is 1. The first-order chi connectivity index (χ1) is 14.7. The van der Waals surface area contributed by atoms with E-state index in [1.807, 2.05) is 25.2 Å². The molecule has 2 N–H and O–H groups in total. The molecule has 4 rings (SSSR count). The summed E-state index contributed by atoms with van der Waals surface area (Å²) < 4.78 is 66.7. The van der Waals surface area contributed by atoms with Gasteiger partial charge in [-0.1, -0.05) is 42.8 Å². The summed E-state index contributed by atoms with van der Waals surface area (Å²) in [5.41, 5.74) is 3.11. The Morgan fingerprint density at radius 1 is 1.06 bits per heavy atom. The highest BCUT2D eigenvalue weighted by Crippen LogP contribution is 2.38. The minimum Gasteiger partial charge on any atom is -0.316 e. The van der Waals surface area contributed by atoms with Crippen molar-refractivity contribution in [3.63, 3.8) is 0 Å². The molecule has 168 valence electrons. The van der Waals surface area contributed by atoms with E-state index in [1.165, 1.54) is 12.1 Å². The molecule has 2 aliphatic carbocycles. The van der Waals surface area contributed by atoms with Crippen LogP contribution in [0.25, 0.3) is 0 Å². The Morgan fingerprint density at radius 2 is 1.84 bits per heavy atom. The third-order valence-corrected chi connectivity index (χ3v) is 8.48. The maximum Gasteiger partial charge on any atom is 0.416 e. The fraction of sp³-hybridized carbons (Fsp3) is 0.478. The van der Waals surface area contributed by atoms with Crippen LogP contribution >= 0.6 is 0 Å². The van der Waals surface area contributed by atoms with Crippen LogP contribution in [-0.2, 0) is 35.6 Å². The van der Waals surface area contributed by atoms with Gasteiger partial charge in [0.25, 0.3) is 0 Å². The van der Waals surface area contributed by atoms with E-state index in [0.29, 0.717) is 24.8 Å². The first-order valence-electron chi connectivity index (χ1n) is 10.6. The molecule has 1 saturated carbocycles. The van der Waals surface area contributed by atoms with Crippen LogP contribution in [0.15, 0.2) is 42.5 Å². The smallest absolute Gasteiger partial charge is 0.316 e. The number of likely N-dealkylation sites (N-methyl/N-ethyl adjacent to an activating group) is 1. The fourth-order valence-electron chi connectivity index (χ4n) is 4.55. The van der Waals surface area contributed by atoms with Crippen molar-refractivity contribution in [2.24, 2.45) is 0 Å². The average molecular weight is 453 g/mol. The molecule has 0 aromatic heterocycles. The number of halogens is 3. The van der Waals surface area contributed by atoms with E-state index in [4.69, 9.17) is 0 Å². The van der Waals surface area contributed by atoms with Crippen molar-refractivity contribution >= 4 is 10.0 Å². The third kappa shape index (κ3) is 4.81. The van der Waals surface area contributed by atoms with E-state index >= 15 is 0 Å². The molecule has 0 spiro atoms. The molecule has 0 bridgehead atoms. The van der Waals surface area contributed by atoms with Crippen molar-refractivity contribution in [2.75, 3.05) is 7.05 Å². The topological polar surface area (TPSA) is 58.2 Å². The van der Waals surface area contributed by atoms with Gasteiger partial charge >= 0.3 is 6.18 Å². The van der Waals surface area contributed by atoms with Crippen LogP contribution < -0.4 is 10.0 Å². The molecule has 0 heterocycles. The van der Waals surface area contributed by atoms with Crippen LogP contribution in [0.2, 0.25) is 0 Å². The van der Waals surface area contributed by atoms with Gasteiger partial charge in [-0.25, -0.2) is 13.1 Å². The van der Waals surface area contributed by atoms with Gasteiger partial charge in [0.1, 0.15) is 0 Å². The first kappa shape index (κ1) is 22.3. The lowest BCUT2D eigenvalue weighted by Gasteiger charge is -2.25. The summed E-state index contributed by atoms with van der Waals surface area (Å²) in [6.07, 6.45) is -0.710. The van der Waals surface area contributed by atoms with Gasteiger partial charge in [0.05, 0.1) is 10.8 Å². The van der Waals surface area contributed by atoms with Crippen LogP contribution in [0.5, 0.6) is 0 Å². The highest BCUT2D eigenvalue weighted by molar-refractivity contribution is 7.90. The van der Waals surface area contributed by atoms with Crippen LogP contribution in [0, 0.1) is 0 Å². The van der Waals surface area contributed by atoms with Crippen LogP contribution in [0.4, 0.5) is 13.2 Å². The van der Waals surface area contributed by atoms with Gasteiger partial charge in [0.15, 0.2) is 0 Å². The zero-order valence-corrected chi connectivity index (χ0v) is 18.2. The number of alkyl halides is 3. The second-order valence-corrected chi connectivity index (χ2v) is 10.6. The lowest BCUT2D eigenvalue weighted by molar-refractivity contribution is -0.137. The molecule has 4 nitrogen and oxygen atoms in total. The standard InChI is InChI=1S/C23H27F3N2O2S/c1-27-22-13-17-9-8-16(14-28-31(29,30)19-6-3-7-19)12-20(17)21(22)11-15-4-2-5-18(10-15)23(24,25)26/h2,4-5,8-10,12,19,21-22,27-28H,3,6-7,11,13-14H2,1H3. The molecule has 0 saturated heterocycles. The summed E-state index contributed by atoms with van der Waals surface area (Å²) >= 11 is 0. The lowest BCUT2D eigenvalue weighted by atomic mass is 9.89. The second-order valence-electron chi connectivity index (χ2n) is 8.56. The summed E-state index contributed by atoms with van der Waals surface area (Å²) in [5.74, 6) is 0.0201. The Hall–Kier alpha value is -1.90. The van der Waals surface area contributed by atoms with E-state index in [1.54, 1.807) is 6.07 Å². The molecule has 0 radical (unpaired) electrons. The van der Waals surface area contributed by atoms with Gasteiger partial charge in [-0.05, 0) is 61.1 Å². The average Bonchev–Trinajstić information content (AvgIpc) is 3.01. The number of hydrogen-bond acceptors (Lipinski definition) is 3. The van der Waals surface area contributed by atoms with E-state index in [0.717, 1.165) is 35.6 Å². The summed E-state index contributed by atoms with van der Waals surface area (Å²) in [4.78, 5) is 0. The van der Waals surface area contributed by atoms with Gasteiger partial charge < -0.3 is 5.32 Å². The number of nitrogens with one attached hydrogen (secondary N) is 2. The highest BCUT2D eigenvalue weighted by atomic mass is 32.2. The van der Waals surface area contributed by atoms with E-state index < -0.39 is 21.8 Å². The van der Waals surface area contributed by atoms with Gasteiger partial charge in [-0.3, -0.25) is 0 Å². The maximum atomic E-state index is 13.1. The van der Waals surface area contributed by atoms with Crippen LogP contribution in [0.1, 0.15) is 53.0 Å². The molecule has 31 heavy (non-hydrogen) atoms. The Labute approximate surface area is 181 Å². The van der Waals surface area contributed by atoms with Gasteiger partial charge in [0, 0.05) is 18.5 Å². The number of fused-ring (bicyclic) bond motifs is 1. The Morgan fingerprint density at radius 3 is 2.48 bits per heavy atom. The van der Waals surface area contributed by atoms with Crippen LogP contribution in [0.3, 0.4) is 0 Å². The Balaban J connectivity index is 1.54. The largest absolute Gasteiger partial charge is 0.416 e. The van der Waals surface area contributed by atoms with Gasteiger partial charge in [-0.2, -0.15) is 13.2 Å². The highest BCUT2D eigenvalue weighted by Gasteiger charge is 2.34. The molecule has 8 heteroatoms. The Bertz CT molecular complexity index is 1050. The van der Waals surface area contributed by atoms with Gasteiger partial charge in [0.2, 0.25) is 10.0 Å². The number of benzene rings is 2. The molecule has 2 unspecified atom stereocenters. The summed E-state index contributed by atoms with van der Waals surface area (Å²) in [6, 6.07) is 11.6. The van der Waals surface area contributed by atoms with E-state index in [-0.39, 0.29) is 23.8 Å². The molecule has 0 amide bonds. The van der Waals surface area contributed by atoms with E-state index in [9.17, 15) is 21.6 Å². The third-order valence-electron chi connectivity index (χ3n) is 6.58. The predicted molar refractivity (Wildman–Crippen MR) is 114 cm³/mol. The lowest BCUT2D eigenvalue weighted by Crippen LogP contribution is -2.38. The zero-order valence-electron chi connectivity index (χ0n) is 17.4. The van der Waals surface area contributed by atoms with Crippen LogP contribution in [-0.4, -0.2) is 26.8 Å². The molecule has 2 aromatic rings. The quantitative estimate of drug-likeness (QED) is 0.664. The molecular formula is C23H27F3N2O2S. The second kappa shape index (κ2) is 8.56. The monoisotopic (exact) mass is 452 g/mol. The normalized spacial score (nSPS) is 21.7. The number of hydrogen-bond donors (Lipinski definition) is 2. The zero-order chi connectivity index (χ0) is 22.2. The molecule has 2 aliphatic rings. The molecule has 0 aliphatic heterocycles. The van der Waals surface area contributed by atoms with Crippen molar-refractivity contribution in [1.82, 2.24) is 10.0 Å². The summed E-state index contributed by atoms with van der Waals surface area (Å²) in [6.45, 7) is 0.229. The van der Waals surface area contributed by atoms with Crippen molar-refractivity contribution in [3.05, 3.63) is 70.3 Å². The van der Waals surface area contributed by atoms with Crippen molar-refractivity contribution in [2.45, 2.75) is 62.0 Å². The molecule has 2 atom stereocenters. The first-order valence-corrected chi connectivity index (χ1v) is 12.2. The maximum absolute atomic E-state index is 13.1. The molecular weight excluding hydrogens is 425 g/mol. The fourth-order valence-corrected chi connectivity index (χ4v) is 6.11. The van der Waals surface area contributed by atoms with Crippen molar-refractivity contribution in [3.8, 4) is 0 Å². The van der Waals surface area contributed by atoms with Crippen molar-refractivity contribution in [1.29, 1.82) is 0 Å². The minimum absolute atomic E-state index is 0.0201.